The van der Waals surface area contributed by atoms with E-state index in [0.717, 1.165) is 0 Å². The van der Waals surface area contributed by atoms with Crippen molar-refractivity contribution in [3.8, 4) is 11.5 Å². The fourth-order valence-electron chi connectivity index (χ4n) is 1.99. The molecule has 9 heteroatoms. The van der Waals surface area contributed by atoms with E-state index in [9.17, 15) is 18.0 Å². The molecule has 0 radical (unpaired) electrons. The van der Waals surface area contributed by atoms with E-state index in [2.05, 4.69) is 5.32 Å². The molecule has 0 saturated heterocycles. The molecule has 0 fully saturated rings. The first-order chi connectivity index (χ1) is 11.8. The van der Waals surface area contributed by atoms with E-state index in [4.69, 9.17) is 19.6 Å². The molecular weight excluding hydrogens is 341 g/mol. The Morgan fingerprint density at radius 2 is 2.04 bits per heavy atom. The third-order valence-corrected chi connectivity index (χ3v) is 3.19. The Balaban J connectivity index is 1.99. The van der Waals surface area contributed by atoms with E-state index in [1.54, 1.807) is 0 Å². The lowest BCUT2D eigenvalue weighted by Gasteiger charge is -2.13. The molecule has 0 aliphatic carbocycles. The largest absolute Gasteiger partial charge is 0.493 e. The number of benzene rings is 1. The smallest absolute Gasteiger partial charge is 0.422 e. The molecule has 2 rings (SSSR count). The zero-order valence-corrected chi connectivity index (χ0v) is 13.4. The van der Waals surface area contributed by atoms with Gasteiger partial charge in [0, 0.05) is 6.54 Å². The van der Waals surface area contributed by atoms with Crippen LogP contribution in [0.1, 0.15) is 21.7 Å². The fraction of sp³-hybridized carbons (Fsp3) is 0.312. The van der Waals surface area contributed by atoms with Crippen molar-refractivity contribution < 1.29 is 31.9 Å². The van der Waals surface area contributed by atoms with Crippen molar-refractivity contribution in [1.82, 2.24) is 5.32 Å². The summed E-state index contributed by atoms with van der Waals surface area (Å²) in [7, 11) is 1.32. The van der Waals surface area contributed by atoms with Gasteiger partial charge in [-0.3, -0.25) is 4.79 Å². The molecule has 0 bridgehead atoms. The number of hydrogen-bond donors (Lipinski definition) is 2. The van der Waals surface area contributed by atoms with Gasteiger partial charge in [-0.05, 0) is 23.8 Å². The van der Waals surface area contributed by atoms with Crippen LogP contribution in [0.2, 0.25) is 0 Å². The summed E-state index contributed by atoms with van der Waals surface area (Å²) in [4.78, 5) is 12.0. The average molecular weight is 358 g/mol. The number of carbonyl (C=O) groups excluding carboxylic acids is 1. The first-order valence-corrected chi connectivity index (χ1v) is 7.24. The molecule has 25 heavy (non-hydrogen) atoms. The predicted molar refractivity (Wildman–Crippen MR) is 82.3 cm³/mol. The lowest BCUT2D eigenvalue weighted by molar-refractivity contribution is -0.153. The van der Waals surface area contributed by atoms with Gasteiger partial charge in [-0.1, -0.05) is 6.07 Å². The zero-order chi connectivity index (χ0) is 18.4. The quantitative estimate of drug-likeness (QED) is 0.795. The van der Waals surface area contributed by atoms with Crippen LogP contribution in [0.4, 0.5) is 13.2 Å². The van der Waals surface area contributed by atoms with E-state index < -0.39 is 12.8 Å². The molecule has 1 heterocycles. The summed E-state index contributed by atoms with van der Waals surface area (Å²) >= 11 is 0. The van der Waals surface area contributed by atoms with E-state index in [1.165, 1.54) is 37.6 Å². The van der Waals surface area contributed by atoms with Crippen molar-refractivity contribution in [3.05, 3.63) is 47.4 Å². The lowest BCUT2D eigenvalue weighted by atomic mass is 10.2. The first-order valence-electron chi connectivity index (χ1n) is 7.24. The standard InChI is InChI=1S/C16H17F3N2O4/c1-23-14-4-10(2-3-13(14)25-9-16(17,18)19)7-21-15(22)11-5-12(6-20)24-8-11/h2-5,8H,6-7,9,20H2,1H3,(H,21,22). The molecule has 0 atom stereocenters. The molecule has 136 valence electrons. The topological polar surface area (TPSA) is 86.7 Å². The molecule has 0 aliphatic heterocycles. The number of amides is 1. The van der Waals surface area contributed by atoms with Crippen molar-refractivity contribution in [3.63, 3.8) is 0 Å². The molecule has 0 aliphatic rings. The summed E-state index contributed by atoms with van der Waals surface area (Å²) in [6.45, 7) is -1.08. The number of halogens is 3. The summed E-state index contributed by atoms with van der Waals surface area (Å²) in [6.07, 6.45) is -3.14. The van der Waals surface area contributed by atoms with Gasteiger partial charge in [0.2, 0.25) is 0 Å². The monoisotopic (exact) mass is 358 g/mol. The molecule has 1 aromatic heterocycles. The molecule has 1 amide bonds. The van der Waals surface area contributed by atoms with Crippen LogP contribution in [0.25, 0.3) is 0 Å². The Hall–Kier alpha value is -2.68. The highest BCUT2D eigenvalue weighted by Crippen LogP contribution is 2.29. The Labute approximate surface area is 141 Å². The number of nitrogens with two attached hydrogens (primary N) is 1. The third kappa shape index (κ3) is 5.42. The maximum atomic E-state index is 12.2. The zero-order valence-electron chi connectivity index (χ0n) is 13.4. The highest BCUT2D eigenvalue weighted by Gasteiger charge is 2.29. The number of carbonyl (C=O) groups is 1. The average Bonchev–Trinajstić information content (AvgIpc) is 3.06. The minimum Gasteiger partial charge on any atom is -0.493 e. The number of rotatable bonds is 7. The molecule has 1 aromatic carbocycles. The number of nitrogens with one attached hydrogen (secondary N) is 1. The molecule has 0 spiro atoms. The van der Waals surface area contributed by atoms with Crippen LogP contribution >= 0.6 is 0 Å². The van der Waals surface area contributed by atoms with Crippen LogP contribution in [0.5, 0.6) is 11.5 Å². The Bertz CT molecular complexity index is 728. The van der Waals surface area contributed by atoms with Crippen molar-refractivity contribution in [2.24, 2.45) is 5.73 Å². The predicted octanol–water partition coefficient (Wildman–Crippen LogP) is 2.62. The van der Waals surface area contributed by atoms with E-state index >= 15 is 0 Å². The van der Waals surface area contributed by atoms with Crippen LogP contribution in [0.3, 0.4) is 0 Å². The number of furan rings is 1. The van der Waals surface area contributed by atoms with Crippen molar-refractivity contribution in [2.75, 3.05) is 13.7 Å². The second-order valence-corrected chi connectivity index (χ2v) is 5.08. The summed E-state index contributed by atoms with van der Waals surface area (Å²) in [6, 6.07) is 5.92. The maximum Gasteiger partial charge on any atom is 0.422 e. The van der Waals surface area contributed by atoms with Gasteiger partial charge in [-0.15, -0.1) is 0 Å². The van der Waals surface area contributed by atoms with Gasteiger partial charge in [0.05, 0.1) is 19.2 Å². The minimum atomic E-state index is -4.44. The number of methoxy groups -OCH3 is 1. The Morgan fingerprint density at radius 3 is 2.64 bits per heavy atom. The molecule has 3 N–H and O–H groups in total. The first kappa shape index (κ1) is 18.7. The second kappa shape index (κ2) is 7.93. The number of alkyl halides is 3. The van der Waals surface area contributed by atoms with Crippen molar-refractivity contribution in [2.45, 2.75) is 19.3 Å². The third-order valence-electron chi connectivity index (χ3n) is 3.19. The van der Waals surface area contributed by atoms with Crippen LogP contribution < -0.4 is 20.5 Å². The summed E-state index contributed by atoms with van der Waals surface area (Å²) < 4.78 is 51.5. The second-order valence-electron chi connectivity index (χ2n) is 5.08. The van der Waals surface area contributed by atoms with E-state index in [-0.39, 0.29) is 30.5 Å². The van der Waals surface area contributed by atoms with E-state index in [1.807, 2.05) is 0 Å². The van der Waals surface area contributed by atoms with Gasteiger partial charge >= 0.3 is 6.18 Å². The van der Waals surface area contributed by atoms with Crippen LogP contribution in [0, 0.1) is 0 Å². The lowest BCUT2D eigenvalue weighted by Crippen LogP contribution is -2.22. The summed E-state index contributed by atoms with van der Waals surface area (Å²) in [5, 5.41) is 2.66. The van der Waals surface area contributed by atoms with Crippen molar-refractivity contribution >= 4 is 5.91 Å². The van der Waals surface area contributed by atoms with Gasteiger partial charge in [0.1, 0.15) is 12.0 Å². The maximum absolute atomic E-state index is 12.2. The summed E-state index contributed by atoms with van der Waals surface area (Å²) in [5.41, 5.74) is 6.37. The van der Waals surface area contributed by atoms with Crippen molar-refractivity contribution in [1.29, 1.82) is 0 Å². The van der Waals surface area contributed by atoms with Crippen LogP contribution in [-0.4, -0.2) is 25.8 Å². The fourth-order valence-corrected chi connectivity index (χ4v) is 1.99. The van der Waals surface area contributed by atoms with E-state index in [0.29, 0.717) is 16.9 Å². The normalized spacial score (nSPS) is 11.2. The van der Waals surface area contributed by atoms with Gasteiger partial charge in [-0.2, -0.15) is 13.2 Å². The molecule has 0 unspecified atom stereocenters. The van der Waals surface area contributed by atoms with Gasteiger partial charge in [0.25, 0.3) is 5.91 Å². The minimum absolute atomic E-state index is 0.0303. The highest BCUT2D eigenvalue weighted by atomic mass is 19.4. The molecular formula is C16H17F3N2O4. The Kier molecular flexibility index (Phi) is 5.92. The Morgan fingerprint density at radius 1 is 1.28 bits per heavy atom. The summed E-state index contributed by atoms with van der Waals surface area (Å²) in [5.74, 6) is 0.236. The van der Waals surface area contributed by atoms with Crippen LogP contribution in [-0.2, 0) is 13.1 Å². The SMILES string of the molecule is COc1cc(CNC(=O)c2coc(CN)c2)ccc1OCC(F)(F)F. The molecule has 6 nitrogen and oxygen atoms in total. The molecule has 0 saturated carbocycles. The van der Waals surface area contributed by atoms with Gasteiger partial charge < -0.3 is 24.9 Å². The molecule has 2 aromatic rings. The van der Waals surface area contributed by atoms with Crippen LogP contribution in [0.15, 0.2) is 34.9 Å². The number of ether oxygens (including phenoxy) is 2. The highest BCUT2D eigenvalue weighted by molar-refractivity contribution is 5.93. The van der Waals surface area contributed by atoms with Gasteiger partial charge in [0.15, 0.2) is 18.1 Å². The van der Waals surface area contributed by atoms with Gasteiger partial charge in [-0.25, -0.2) is 0 Å². The number of hydrogen-bond acceptors (Lipinski definition) is 5.